The van der Waals surface area contributed by atoms with Crippen molar-refractivity contribution in [1.29, 1.82) is 0 Å². The van der Waals surface area contributed by atoms with Crippen LogP contribution in [0.4, 0.5) is 0 Å². The van der Waals surface area contributed by atoms with Gasteiger partial charge in [0.05, 0.1) is 39.6 Å². The Morgan fingerprint density at radius 3 is 0.583 bits per heavy atom. The van der Waals surface area contributed by atoms with Gasteiger partial charge in [0.2, 0.25) is 0 Å². The van der Waals surface area contributed by atoms with Gasteiger partial charge < -0.3 is 28.4 Å². The van der Waals surface area contributed by atoms with Crippen molar-refractivity contribution in [3.05, 3.63) is 36.4 Å². The highest BCUT2D eigenvalue weighted by atomic mass is 16.5. The molecule has 552 valence electrons. The fraction of sp³-hybridized carbons (Fsp3) is 0.800. The summed E-state index contributed by atoms with van der Waals surface area (Å²) in [5.74, 6) is 5.13. The lowest BCUT2D eigenvalue weighted by Crippen LogP contribution is -2.05. The molecule has 0 saturated carbocycles. The Hall–Kier alpha value is -3.54. The summed E-state index contributed by atoms with van der Waals surface area (Å²) < 4.78 is 42.3. The summed E-state index contributed by atoms with van der Waals surface area (Å²) >= 11 is 0. The lowest BCUT2D eigenvalue weighted by molar-refractivity contribution is 0.258. The Morgan fingerprint density at radius 2 is 0.344 bits per heavy atom. The summed E-state index contributed by atoms with van der Waals surface area (Å²) in [4.78, 5) is 0. The van der Waals surface area contributed by atoms with Crippen LogP contribution in [0.2, 0.25) is 0 Å². The van der Waals surface area contributed by atoms with Gasteiger partial charge in [-0.3, -0.25) is 0 Å². The molecule has 0 aliphatic rings. The van der Waals surface area contributed by atoms with Gasteiger partial charge in [0.1, 0.15) is 0 Å². The Labute approximate surface area is 594 Å². The van der Waals surface area contributed by atoms with E-state index in [2.05, 4.69) is 77.9 Å². The van der Waals surface area contributed by atoms with Gasteiger partial charge in [-0.25, -0.2) is 0 Å². The third-order valence-corrected chi connectivity index (χ3v) is 20.7. The maximum Gasteiger partial charge on any atom is 0.169 e. The molecule has 0 aromatic heterocycles. The van der Waals surface area contributed by atoms with Crippen LogP contribution in [0, 0.1) is 0 Å². The van der Waals surface area contributed by atoms with Crippen molar-refractivity contribution in [3.63, 3.8) is 0 Å². The molecule has 0 saturated heterocycles. The number of ether oxygens (including phenoxy) is 6. The number of hydrogen-bond acceptors (Lipinski definition) is 6. The standard InChI is InChI=1S/C90H156O6/c1-7-13-19-25-31-37-43-49-55-61-69-91-84-68-67-79-80-75-85(92-70-62-56-50-44-38-32-26-20-14-8-2)86(93-71-63-57-51-45-39-33-27-21-15-9-3)76-81(80)82-77-87(94-72-64-58-52-46-40-34-28-22-16-10-4)88(95-73-65-59-53-47-41-35-29-23-17-11-5)78-83(82)89(79)90(84)96-74-66-60-54-48-42-36-30-24-18-12-6/h67-68,75-78H,7-66,69-74H2,1-6H3. The van der Waals surface area contributed by atoms with E-state index in [1.807, 2.05) is 0 Å². The fourth-order valence-electron chi connectivity index (χ4n) is 14.4. The van der Waals surface area contributed by atoms with E-state index in [1.165, 1.54) is 347 Å². The molecule has 0 heterocycles. The maximum atomic E-state index is 7.28. The van der Waals surface area contributed by atoms with Crippen LogP contribution in [0.1, 0.15) is 427 Å². The summed E-state index contributed by atoms with van der Waals surface area (Å²) in [6.07, 6.45) is 77.9. The van der Waals surface area contributed by atoms with Crippen LogP contribution in [-0.2, 0) is 0 Å². The van der Waals surface area contributed by atoms with Crippen molar-refractivity contribution in [2.45, 2.75) is 427 Å². The Bertz CT molecular complexity index is 2310. The number of unbranched alkanes of at least 4 members (excludes halogenated alkanes) is 54. The number of benzene rings is 4. The molecule has 0 fully saturated rings. The third-order valence-electron chi connectivity index (χ3n) is 20.7. The molecule has 0 radical (unpaired) electrons. The van der Waals surface area contributed by atoms with Gasteiger partial charge >= 0.3 is 0 Å². The van der Waals surface area contributed by atoms with Crippen molar-refractivity contribution in [2.75, 3.05) is 39.6 Å². The highest BCUT2D eigenvalue weighted by molar-refractivity contribution is 6.28. The first-order chi connectivity index (χ1) is 47.6. The van der Waals surface area contributed by atoms with E-state index in [0.717, 1.165) is 105 Å². The van der Waals surface area contributed by atoms with Crippen molar-refractivity contribution in [2.24, 2.45) is 0 Å². The number of rotatable bonds is 72. The molecule has 0 amide bonds. The summed E-state index contributed by atoms with van der Waals surface area (Å²) in [5.41, 5.74) is 0. The molecule has 4 aromatic rings. The van der Waals surface area contributed by atoms with Crippen LogP contribution in [0.5, 0.6) is 34.5 Å². The number of fused-ring (bicyclic) bond motifs is 6. The summed E-state index contributed by atoms with van der Waals surface area (Å²) in [6, 6.07) is 13.9. The topological polar surface area (TPSA) is 55.4 Å². The molecule has 0 aliphatic heterocycles. The van der Waals surface area contributed by atoms with E-state index in [4.69, 9.17) is 28.4 Å². The molecule has 4 rings (SSSR count). The monoisotopic (exact) mass is 1330 g/mol. The second-order valence-electron chi connectivity index (χ2n) is 29.7. The predicted molar refractivity (Wildman–Crippen MR) is 423 cm³/mol. The van der Waals surface area contributed by atoms with E-state index >= 15 is 0 Å². The molecule has 0 unspecified atom stereocenters. The van der Waals surface area contributed by atoms with Gasteiger partial charge in [-0.1, -0.05) is 388 Å². The Balaban J connectivity index is 1.80. The average molecular weight is 1330 g/mol. The fourth-order valence-corrected chi connectivity index (χ4v) is 14.4. The first-order valence-electron chi connectivity index (χ1n) is 42.9. The summed E-state index contributed by atoms with van der Waals surface area (Å²) in [6.45, 7) is 17.9. The second kappa shape index (κ2) is 61.3. The SMILES string of the molecule is CCCCCCCCCCCCOc1cc2c(cc1OCCCCCCCCCCCC)c1ccc(OCCCCCCCCCCCC)c(OCCCCCCCCCCCC)c1c1cc(OCCCCCCCCCCCC)c(OCCCCCCCCCCCC)cc21. The van der Waals surface area contributed by atoms with Gasteiger partial charge in [-0.2, -0.15) is 0 Å². The molecule has 0 bridgehead atoms. The minimum absolute atomic E-state index is 0.658. The summed E-state index contributed by atoms with van der Waals surface area (Å²) in [7, 11) is 0. The third kappa shape index (κ3) is 39.5. The normalized spacial score (nSPS) is 11.7. The van der Waals surface area contributed by atoms with Crippen LogP contribution in [-0.4, -0.2) is 39.6 Å². The van der Waals surface area contributed by atoms with Crippen molar-refractivity contribution in [1.82, 2.24) is 0 Å². The number of hydrogen-bond donors (Lipinski definition) is 0. The molecule has 0 aliphatic carbocycles. The molecule has 4 aromatic carbocycles. The van der Waals surface area contributed by atoms with Crippen molar-refractivity contribution < 1.29 is 28.4 Å². The Kier molecular flexibility index (Phi) is 54.2. The van der Waals surface area contributed by atoms with Crippen LogP contribution < -0.4 is 28.4 Å². The first kappa shape index (κ1) is 84.9. The first-order valence-corrected chi connectivity index (χ1v) is 42.9. The Morgan fingerprint density at radius 1 is 0.167 bits per heavy atom. The summed E-state index contributed by atoms with van der Waals surface area (Å²) in [5, 5.41) is 6.85. The van der Waals surface area contributed by atoms with Gasteiger partial charge in [0.15, 0.2) is 34.5 Å². The van der Waals surface area contributed by atoms with E-state index < -0.39 is 0 Å². The van der Waals surface area contributed by atoms with E-state index in [-0.39, 0.29) is 0 Å². The van der Waals surface area contributed by atoms with Gasteiger partial charge in [-0.05, 0) is 102 Å². The van der Waals surface area contributed by atoms with Crippen LogP contribution in [0.3, 0.4) is 0 Å². The zero-order valence-corrected chi connectivity index (χ0v) is 64.6. The lowest BCUT2D eigenvalue weighted by atomic mass is 9.92. The minimum Gasteiger partial charge on any atom is -0.490 e. The molecular formula is C90H156O6. The zero-order valence-electron chi connectivity index (χ0n) is 64.6. The molecule has 96 heavy (non-hydrogen) atoms. The largest absolute Gasteiger partial charge is 0.490 e. The molecule has 6 heteroatoms. The quantitative estimate of drug-likeness (QED) is 0.0324. The van der Waals surface area contributed by atoms with Crippen molar-refractivity contribution >= 4 is 32.3 Å². The van der Waals surface area contributed by atoms with Crippen LogP contribution in [0.25, 0.3) is 32.3 Å². The highest BCUT2D eigenvalue weighted by Crippen LogP contribution is 2.49. The molecule has 0 N–H and O–H groups in total. The molecule has 0 spiro atoms. The van der Waals surface area contributed by atoms with E-state index in [9.17, 15) is 0 Å². The minimum atomic E-state index is 0.658. The predicted octanol–water partition coefficient (Wildman–Crippen LogP) is 30.9. The van der Waals surface area contributed by atoms with Crippen LogP contribution in [0.15, 0.2) is 36.4 Å². The molecule has 6 nitrogen and oxygen atoms in total. The van der Waals surface area contributed by atoms with E-state index in [1.54, 1.807) is 0 Å². The van der Waals surface area contributed by atoms with Crippen LogP contribution >= 0.6 is 0 Å². The average Bonchev–Trinajstić information content (AvgIpc) is 0.726. The van der Waals surface area contributed by atoms with E-state index in [0.29, 0.717) is 39.6 Å². The van der Waals surface area contributed by atoms with Gasteiger partial charge in [0, 0.05) is 5.39 Å². The smallest absolute Gasteiger partial charge is 0.169 e. The maximum absolute atomic E-state index is 7.28. The second-order valence-corrected chi connectivity index (χ2v) is 29.7. The molecule has 0 atom stereocenters. The highest BCUT2D eigenvalue weighted by Gasteiger charge is 2.23. The van der Waals surface area contributed by atoms with Gasteiger partial charge in [-0.15, -0.1) is 0 Å². The van der Waals surface area contributed by atoms with Crippen molar-refractivity contribution in [3.8, 4) is 34.5 Å². The van der Waals surface area contributed by atoms with Gasteiger partial charge in [0.25, 0.3) is 0 Å². The molecular weight excluding hydrogens is 1180 g/mol. The lowest BCUT2D eigenvalue weighted by Gasteiger charge is -2.22. The zero-order chi connectivity index (χ0) is 68.1.